The van der Waals surface area contributed by atoms with E-state index in [-0.39, 0.29) is 10.8 Å². The zero-order valence-corrected chi connectivity index (χ0v) is 13.0. The molecule has 1 heterocycles. The minimum Gasteiger partial charge on any atom is -0.486 e. The fourth-order valence-corrected chi connectivity index (χ4v) is 3.27. The summed E-state index contributed by atoms with van der Waals surface area (Å²) in [6.07, 6.45) is 0. The van der Waals surface area contributed by atoms with Gasteiger partial charge < -0.3 is 9.47 Å². The molecule has 114 valence electrons. The van der Waals surface area contributed by atoms with Crippen molar-refractivity contribution in [2.24, 2.45) is 5.92 Å². The van der Waals surface area contributed by atoms with Gasteiger partial charge in [0.15, 0.2) is 11.5 Å². The van der Waals surface area contributed by atoms with Crippen LogP contribution >= 0.6 is 0 Å². The van der Waals surface area contributed by atoms with E-state index in [1.54, 1.807) is 26.8 Å². The summed E-state index contributed by atoms with van der Waals surface area (Å²) in [5.74, 6) is 0.744. The first-order chi connectivity index (χ1) is 9.78. The molecule has 1 aromatic rings. The third kappa shape index (κ3) is 3.12. The fourth-order valence-electron chi connectivity index (χ4n) is 1.80. The number of fused-ring (bicyclic) bond motifs is 1. The van der Waals surface area contributed by atoms with Crippen molar-refractivity contribution in [3.05, 3.63) is 18.2 Å². The van der Waals surface area contributed by atoms with Gasteiger partial charge in [0, 0.05) is 6.07 Å². The van der Waals surface area contributed by atoms with Crippen LogP contribution in [0.15, 0.2) is 23.1 Å². The van der Waals surface area contributed by atoms with E-state index in [2.05, 4.69) is 4.72 Å². The van der Waals surface area contributed by atoms with E-state index in [0.29, 0.717) is 24.7 Å². The van der Waals surface area contributed by atoms with Crippen molar-refractivity contribution >= 4 is 10.0 Å². The zero-order chi connectivity index (χ0) is 15.7. The predicted molar refractivity (Wildman–Crippen MR) is 76.6 cm³/mol. The molecule has 1 atom stereocenters. The molecule has 0 radical (unpaired) electrons. The van der Waals surface area contributed by atoms with Gasteiger partial charge in [-0.15, -0.1) is 0 Å². The van der Waals surface area contributed by atoms with Gasteiger partial charge in [0.2, 0.25) is 10.0 Å². The minimum atomic E-state index is -3.82. The molecule has 0 bridgehead atoms. The lowest BCUT2D eigenvalue weighted by atomic mass is 9.92. The number of hydrogen-bond donors (Lipinski definition) is 1. The van der Waals surface area contributed by atoms with E-state index in [1.165, 1.54) is 12.1 Å². The summed E-state index contributed by atoms with van der Waals surface area (Å²) < 4.78 is 38.1. The Bertz CT molecular complexity index is 679. The van der Waals surface area contributed by atoms with Crippen LogP contribution in [0, 0.1) is 17.2 Å². The van der Waals surface area contributed by atoms with Gasteiger partial charge in [-0.1, -0.05) is 13.8 Å². The van der Waals surface area contributed by atoms with Gasteiger partial charge in [0.25, 0.3) is 0 Å². The van der Waals surface area contributed by atoms with Gasteiger partial charge in [-0.05, 0) is 25.0 Å². The van der Waals surface area contributed by atoms with Crippen LogP contribution < -0.4 is 14.2 Å². The summed E-state index contributed by atoms with van der Waals surface area (Å²) in [5.41, 5.74) is -1.17. The van der Waals surface area contributed by atoms with Crippen LogP contribution in [0.1, 0.15) is 20.8 Å². The van der Waals surface area contributed by atoms with Crippen LogP contribution in [0.4, 0.5) is 0 Å². The SMILES string of the molecule is CC(C)[C@](C)(C#N)NS(=O)(=O)c1ccc2c(c1)OCCO2. The average Bonchev–Trinajstić information content (AvgIpc) is 2.46. The Hall–Kier alpha value is -1.78. The number of nitrogens with zero attached hydrogens (tertiary/aromatic N) is 1. The van der Waals surface area contributed by atoms with Gasteiger partial charge in [-0.2, -0.15) is 9.98 Å². The Kier molecular flexibility index (Phi) is 4.12. The van der Waals surface area contributed by atoms with E-state index in [0.717, 1.165) is 0 Å². The maximum atomic E-state index is 12.4. The predicted octanol–water partition coefficient (Wildman–Crippen LogP) is 1.67. The van der Waals surface area contributed by atoms with Crippen LogP contribution in [0.5, 0.6) is 11.5 Å². The molecule has 0 spiro atoms. The monoisotopic (exact) mass is 310 g/mol. The highest BCUT2D eigenvalue weighted by molar-refractivity contribution is 7.89. The maximum absolute atomic E-state index is 12.4. The van der Waals surface area contributed by atoms with Gasteiger partial charge in [0.05, 0.1) is 11.0 Å². The van der Waals surface area contributed by atoms with Crippen molar-refractivity contribution in [1.29, 1.82) is 5.26 Å². The highest BCUT2D eigenvalue weighted by Gasteiger charge is 2.34. The Balaban J connectivity index is 2.34. The summed E-state index contributed by atoms with van der Waals surface area (Å²) in [6, 6.07) is 6.43. The minimum absolute atomic E-state index is 0.0499. The van der Waals surface area contributed by atoms with E-state index in [1.807, 2.05) is 6.07 Å². The highest BCUT2D eigenvalue weighted by atomic mass is 32.2. The average molecular weight is 310 g/mol. The summed E-state index contributed by atoms with van der Waals surface area (Å²) in [7, 11) is -3.82. The van der Waals surface area contributed by atoms with Gasteiger partial charge in [0.1, 0.15) is 18.8 Å². The van der Waals surface area contributed by atoms with Crippen LogP contribution in [0.3, 0.4) is 0 Å². The van der Waals surface area contributed by atoms with Crippen LogP contribution in [-0.4, -0.2) is 27.2 Å². The van der Waals surface area contributed by atoms with E-state index < -0.39 is 15.6 Å². The molecule has 0 amide bonds. The number of nitriles is 1. The van der Waals surface area contributed by atoms with E-state index in [9.17, 15) is 13.7 Å². The van der Waals surface area contributed by atoms with Crippen molar-refractivity contribution in [3.63, 3.8) is 0 Å². The van der Waals surface area contributed by atoms with Crippen molar-refractivity contribution in [2.75, 3.05) is 13.2 Å². The topological polar surface area (TPSA) is 88.4 Å². The molecule has 0 saturated carbocycles. The normalized spacial score (nSPS) is 17.1. The number of hydrogen-bond acceptors (Lipinski definition) is 5. The lowest BCUT2D eigenvalue weighted by Crippen LogP contribution is -2.48. The number of nitrogens with one attached hydrogen (secondary N) is 1. The lowest BCUT2D eigenvalue weighted by molar-refractivity contribution is 0.171. The molecule has 0 aliphatic carbocycles. The van der Waals surface area contributed by atoms with Crippen LogP contribution in [0.2, 0.25) is 0 Å². The summed E-state index contributed by atoms with van der Waals surface area (Å²) in [4.78, 5) is 0.0499. The van der Waals surface area contributed by atoms with Crippen molar-refractivity contribution in [2.45, 2.75) is 31.2 Å². The van der Waals surface area contributed by atoms with Crippen molar-refractivity contribution in [1.82, 2.24) is 4.72 Å². The molecule has 1 aliphatic heterocycles. The van der Waals surface area contributed by atoms with E-state index in [4.69, 9.17) is 9.47 Å². The molecular weight excluding hydrogens is 292 g/mol. The van der Waals surface area contributed by atoms with Gasteiger partial charge in [-0.25, -0.2) is 8.42 Å². The molecule has 6 nitrogen and oxygen atoms in total. The number of rotatable bonds is 4. The highest BCUT2D eigenvalue weighted by Crippen LogP contribution is 2.32. The standard InChI is InChI=1S/C14H18N2O4S/c1-10(2)14(3,9-15)16-21(17,18)11-4-5-12-13(8-11)20-7-6-19-12/h4-5,8,10,16H,6-7H2,1-3H3/t14-/m0/s1. The zero-order valence-electron chi connectivity index (χ0n) is 12.2. The Morgan fingerprint density at radius 1 is 1.29 bits per heavy atom. The number of benzene rings is 1. The fraction of sp³-hybridized carbons (Fsp3) is 0.500. The summed E-state index contributed by atoms with van der Waals surface area (Å²) in [6.45, 7) is 5.96. The Morgan fingerprint density at radius 2 is 1.90 bits per heavy atom. The van der Waals surface area contributed by atoms with Crippen LogP contribution in [-0.2, 0) is 10.0 Å². The molecule has 0 fully saturated rings. The molecule has 1 aliphatic rings. The second-order valence-electron chi connectivity index (χ2n) is 5.38. The quantitative estimate of drug-likeness (QED) is 0.914. The largest absolute Gasteiger partial charge is 0.486 e. The molecule has 21 heavy (non-hydrogen) atoms. The molecule has 0 saturated heterocycles. The van der Waals surface area contributed by atoms with Gasteiger partial charge >= 0.3 is 0 Å². The first-order valence-electron chi connectivity index (χ1n) is 6.63. The number of ether oxygens (including phenoxy) is 2. The smallest absolute Gasteiger partial charge is 0.242 e. The second-order valence-corrected chi connectivity index (χ2v) is 7.06. The lowest BCUT2D eigenvalue weighted by Gasteiger charge is -2.27. The molecule has 0 aromatic heterocycles. The second kappa shape index (κ2) is 5.54. The Morgan fingerprint density at radius 3 is 2.48 bits per heavy atom. The van der Waals surface area contributed by atoms with Crippen molar-refractivity contribution in [3.8, 4) is 17.6 Å². The summed E-state index contributed by atoms with van der Waals surface area (Å²) in [5, 5.41) is 9.24. The Labute approximate surface area is 124 Å². The van der Waals surface area contributed by atoms with E-state index >= 15 is 0 Å². The first-order valence-corrected chi connectivity index (χ1v) is 8.12. The third-order valence-corrected chi connectivity index (χ3v) is 5.12. The first kappa shape index (κ1) is 15.6. The number of sulfonamides is 1. The maximum Gasteiger partial charge on any atom is 0.242 e. The van der Waals surface area contributed by atoms with Crippen molar-refractivity contribution < 1.29 is 17.9 Å². The van der Waals surface area contributed by atoms with Gasteiger partial charge in [-0.3, -0.25) is 0 Å². The molecule has 1 N–H and O–H groups in total. The van der Waals surface area contributed by atoms with Crippen LogP contribution in [0.25, 0.3) is 0 Å². The molecule has 0 unspecified atom stereocenters. The third-order valence-electron chi connectivity index (χ3n) is 3.56. The molecule has 7 heteroatoms. The summed E-state index contributed by atoms with van der Waals surface area (Å²) >= 11 is 0. The molecule has 2 rings (SSSR count). The molecular formula is C14H18N2O4S. The molecule has 1 aromatic carbocycles.